The molecular formula is C23H51N2O3S+. The number of quaternary nitrogens is 2. The maximum Gasteiger partial charge on any atom is 0.128 e. The molecule has 0 spiro atoms. The van der Waals surface area contributed by atoms with Crippen molar-refractivity contribution in [3.05, 3.63) is 0 Å². The molecule has 0 unspecified atom stereocenters. The Morgan fingerprint density at radius 3 is 1.28 bits per heavy atom. The fourth-order valence-corrected chi connectivity index (χ4v) is 4.30. The highest BCUT2D eigenvalue weighted by Gasteiger charge is 2.22. The first-order valence-electron chi connectivity index (χ1n) is 12.0. The number of hydrogen-bond donors (Lipinski definition) is 0. The van der Waals surface area contributed by atoms with Crippen molar-refractivity contribution in [2.45, 2.75) is 90.4 Å². The second-order valence-electron chi connectivity index (χ2n) is 10.3. The van der Waals surface area contributed by atoms with Gasteiger partial charge in [-0.1, -0.05) is 71.1 Å². The Hall–Kier alpha value is -0.170. The molecule has 0 atom stereocenters. The van der Waals surface area contributed by atoms with E-state index >= 15 is 0 Å². The molecular weight excluding hydrogens is 384 g/mol. The van der Waals surface area contributed by atoms with Crippen LogP contribution in [0.25, 0.3) is 0 Å². The molecule has 0 aliphatic heterocycles. The number of rotatable bonds is 20. The van der Waals surface area contributed by atoms with Gasteiger partial charge in [0.1, 0.15) is 13.1 Å². The van der Waals surface area contributed by atoms with Gasteiger partial charge < -0.3 is 13.5 Å². The van der Waals surface area contributed by atoms with Gasteiger partial charge in [-0.05, 0) is 12.8 Å². The molecule has 0 saturated heterocycles. The fraction of sp³-hybridized carbons (Fsp3) is 1.00. The topological polar surface area (TPSA) is 57.2 Å². The Morgan fingerprint density at radius 1 is 0.552 bits per heavy atom. The van der Waals surface area contributed by atoms with Crippen LogP contribution in [-0.4, -0.2) is 82.1 Å². The lowest BCUT2D eigenvalue weighted by Gasteiger charge is -2.36. The summed E-state index contributed by atoms with van der Waals surface area (Å²) in [4.78, 5) is 0. The van der Waals surface area contributed by atoms with Crippen molar-refractivity contribution in [1.29, 1.82) is 0 Å². The largest absolute Gasteiger partial charge is 0.748 e. The second kappa shape index (κ2) is 15.6. The number of unbranched alkanes of at least 4 members (excludes halogenated alkanes) is 11. The van der Waals surface area contributed by atoms with Crippen LogP contribution in [0.4, 0.5) is 0 Å². The molecule has 0 saturated carbocycles. The van der Waals surface area contributed by atoms with Gasteiger partial charge in [0.2, 0.25) is 0 Å². The molecule has 0 amide bonds. The lowest BCUT2D eigenvalue weighted by molar-refractivity contribution is -0.945. The summed E-state index contributed by atoms with van der Waals surface area (Å²) in [7, 11) is 4.75. The van der Waals surface area contributed by atoms with Crippen LogP contribution >= 0.6 is 0 Å². The summed E-state index contributed by atoms with van der Waals surface area (Å²) in [6.07, 6.45) is 17.0. The molecule has 0 rings (SSSR count). The summed E-state index contributed by atoms with van der Waals surface area (Å²) in [6, 6.07) is 0. The van der Waals surface area contributed by atoms with E-state index in [4.69, 9.17) is 0 Å². The van der Waals surface area contributed by atoms with E-state index in [1.54, 1.807) is 0 Å². The van der Waals surface area contributed by atoms with Crippen molar-refractivity contribution in [1.82, 2.24) is 0 Å². The highest BCUT2D eigenvalue weighted by atomic mass is 32.2. The maximum absolute atomic E-state index is 10.8. The van der Waals surface area contributed by atoms with Gasteiger partial charge in [0, 0.05) is 12.2 Å². The molecule has 0 fully saturated rings. The lowest BCUT2D eigenvalue weighted by Crippen LogP contribution is -2.51. The van der Waals surface area contributed by atoms with E-state index in [1.807, 2.05) is 0 Å². The average molecular weight is 436 g/mol. The predicted octanol–water partition coefficient (Wildman–Crippen LogP) is 4.78. The highest BCUT2D eigenvalue weighted by molar-refractivity contribution is 7.85. The molecule has 176 valence electrons. The van der Waals surface area contributed by atoms with E-state index in [9.17, 15) is 13.0 Å². The molecule has 0 aromatic heterocycles. The van der Waals surface area contributed by atoms with E-state index in [-0.39, 0.29) is 5.75 Å². The van der Waals surface area contributed by atoms with Gasteiger partial charge in [-0.25, -0.2) is 8.42 Å². The molecule has 0 N–H and O–H groups in total. The minimum atomic E-state index is -4.08. The molecule has 0 radical (unpaired) electrons. The monoisotopic (exact) mass is 435 g/mol. The van der Waals surface area contributed by atoms with Crippen molar-refractivity contribution in [2.24, 2.45) is 0 Å². The minimum Gasteiger partial charge on any atom is -0.748 e. The number of likely N-dealkylation sites (N-methyl/N-ethyl adjacent to an activating group) is 2. The smallest absolute Gasteiger partial charge is 0.128 e. The van der Waals surface area contributed by atoms with Crippen LogP contribution in [0.1, 0.15) is 90.4 Å². The van der Waals surface area contributed by atoms with Crippen LogP contribution < -0.4 is 0 Å². The van der Waals surface area contributed by atoms with E-state index in [0.717, 1.165) is 28.6 Å². The average Bonchev–Trinajstić information content (AvgIpc) is 2.60. The summed E-state index contributed by atoms with van der Waals surface area (Å²) in [5, 5.41) is 0. The summed E-state index contributed by atoms with van der Waals surface area (Å²) in [5.41, 5.74) is 0. The molecule has 0 aromatic carbocycles. The third-order valence-electron chi connectivity index (χ3n) is 6.09. The second-order valence-corrected chi connectivity index (χ2v) is 11.8. The maximum atomic E-state index is 10.8. The molecule has 5 nitrogen and oxygen atoms in total. The standard InChI is InChI=1S/C23H51N2O3S/c1-6-7-8-9-10-11-12-13-14-15-16-17-19-24(2,3)21-22-25(4,5)20-18-23-29(26,27)28/h6-23H2,1-5H3/q+1. The molecule has 29 heavy (non-hydrogen) atoms. The fourth-order valence-electron chi connectivity index (χ4n) is 3.82. The van der Waals surface area contributed by atoms with Crippen molar-refractivity contribution in [3.63, 3.8) is 0 Å². The molecule has 0 bridgehead atoms. The summed E-state index contributed by atoms with van der Waals surface area (Å²) in [6.45, 7) is 6.29. The molecule has 6 heteroatoms. The minimum absolute atomic E-state index is 0.244. The molecule has 0 heterocycles. The molecule has 0 aliphatic rings. The van der Waals surface area contributed by atoms with E-state index in [2.05, 4.69) is 35.1 Å². The van der Waals surface area contributed by atoms with Gasteiger partial charge in [0.15, 0.2) is 0 Å². The van der Waals surface area contributed by atoms with Crippen LogP contribution in [0.2, 0.25) is 0 Å². The van der Waals surface area contributed by atoms with Gasteiger partial charge in [-0.2, -0.15) is 0 Å². The van der Waals surface area contributed by atoms with Crippen molar-refractivity contribution >= 4 is 10.1 Å². The number of nitrogens with zero attached hydrogens (tertiary/aromatic N) is 2. The van der Waals surface area contributed by atoms with E-state index in [0.29, 0.717) is 6.42 Å². The number of hydrogen-bond acceptors (Lipinski definition) is 3. The van der Waals surface area contributed by atoms with Gasteiger partial charge in [-0.3, -0.25) is 0 Å². The zero-order valence-electron chi connectivity index (χ0n) is 20.3. The van der Waals surface area contributed by atoms with Crippen LogP contribution in [0, 0.1) is 0 Å². The highest BCUT2D eigenvalue weighted by Crippen LogP contribution is 2.13. The Morgan fingerprint density at radius 2 is 0.897 bits per heavy atom. The first-order chi connectivity index (χ1) is 13.5. The normalized spacial score (nSPS) is 13.2. The first kappa shape index (κ1) is 28.8. The summed E-state index contributed by atoms with van der Waals surface area (Å²) < 4.78 is 34.1. The van der Waals surface area contributed by atoms with Crippen LogP contribution in [0.5, 0.6) is 0 Å². The van der Waals surface area contributed by atoms with E-state index in [1.165, 1.54) is 83.6 Å². The Kier molecular flexibility index (Phi) is 15.5. The van der Waals surface area contributed by atoms with Crippen LogP contribution in [-0.2, 0) is 10.1 Å². The van der Waals surface area contributed by atoms with Gasteiger partial charge in [0.25, 0.3) is 0 Å². The summed E-state index contributed by atoms with van der Waals surface area (Å²) >= 11 is 0. The molecule has 0 aliphatic carbocycles. The van der Waals surface area contributed by atoms with Gasteiger partial charge in [0.05, 0.1) is 51.4 Å². The van der Waals surface area contributed by atoms with Crippen molar-refractivity contribution < 1.29 is 21.9 Å². The zero-order valence-corrected chi connectivity index (χ0v) is 21.1. The van der Waals surface area contributed by atoms with E-state index < -0.39 is 10.1 Å². The van der Waals surface area contributed by atoms with Gasteiger partial charge in [-0.15, -0.1) is 0 Å². The van der Waals surface area contributed by atoms with Gasteiger partial charge >= 0.3 is 0 Å². The van der Waals surface area contributed by atoms with Crippen molar-refractivity contribution in [2.75, 3.05) is 60.1 Å². The van der Waals surface area contributed by atoms with Crippen LogP contribution in [0.3, 0.4) is 0 Å². The SMILES string of the molecule is CCCCCCCCCCCCCC[N+](C)(C)CC[N+](C)(C)CCCS(=O)(=O)[O-]. The quantitative estimate of drug-likeness (QED) is 0.157. The lowest BCUT2D eigenvalue weighted by atomic mass is 10.1. The molecule has 0 aromatic rings. The third kappa shape index (κ3) is 20.9. The van der Waals surface area contributed by atoms with Crippen molar-refractivity contribution in [3.8, 4) is 0 Å². The first-order valence-corrected chi connectivity index (χ1v) is 13.6. The zero-order chi connectivity index (χ0) is 22.2. The third-order valence-corrected chi connectivity index (χ3v) is 6.87. The van der Waals surface area contributed by atoms with Crippen LogP contribution in [0.15, 0.2) is 0 Å². The summed E-state index contributed by atoms with van der Waals surface area (Å²) in [5.74, 6) is -0.244. The Bertz CT molecular complexity index is 490. The predicted molar refractivity (Wildman–Crippen MR) is 124 cm³/mol. The Labute approximate surface area is 182 Å². The Balaban J connectivity index is 3.70.